The summed E-state index contributed by atoms with van der Waals surface area (Å²) in [7, 11) is 0. The summed E-state index contributed by atoms with van der Waals surface area (Å²) in [6, 6.07) is 20.7. The van der Waals surface area contributed by atoms with E-state index in [4.69, 9.17) is 4.74 Å². The molecule has 0 saturated carbocycles. The molecule has 0 spiro atoms. The maximum atomic E-state index is 14.2. The highest BCUT2D eigenvalue weighted by atomic mass is 16.6. The fourth-order valence-corrected chi connectivity index (χ4v) is 5.58. The molecule has 2 aliphatic rings. The van der Waals surface area contributed by atoms with Crippen LogP contribution in [-0.4, -0.2) is 51.5 Å². The van der Waals surface area contributed by atoms with E-state index in [1.54, 1.807) is 6.20 Å². The highest BCUT2D eigenvalue weighted by molar-refractivity contribution is 6.03. The van der Waals surface area contributed by atoms with Crippen molar-refractivity contribution < 1.29 is 19.2 Å². The number of pyridine rings is 1. The topological polar surface area (TPSA) is 106 Å². The first kappa shape index (κ1) is 24.6. The number of carbonyl (C=O) groups excluding carboxylic acids is 2. The zero-order valence-electron chi connectivity index (χ0n) is 20.5. The Morgan fingerprint density at radius 1 is 1.14 bits per heavy atom. The van der Waals surface area contributed by atoms with Gasteiger partial charge >= 0.3 is 5.97 Å². The molecular weight excluding hydrogens is 472 g/mol. The Hall–Kier alpha value is -4.11. The average molecular weight is 501 g/mol. The molecule has 37 heavy (non-hydrogen) atoms. The number of nitro groups is 1. The highest BCUT2D eigenvalue weighted by Gasteiger charge is 2.61. The average Bonchev–Trinajstić information content (AvgIpc) is 3.43. The molecule has 0 bridgehead atoms. The molecule has 0 aliphatic carbocycles. The summed E-state index contributed by atoms with van der Waals surface area (Å²) >= 11 is 0. The van der Waals surface area contributed by atoms with Crippen LogP contribution in [0.15, 0.2) is 79.0 Å². The van der Waals surface area contributed by atoms with Crippen LogP contribution in [0.5, 0.6) is 0 Å². The largest absolute Gasteiger partial charge is 0.462 e. The van der Waals surface area contributed by atoms with Gasteiger partial charge in [0.15, 0.2) is 0 Å². The molecule has 9 heteroatoms. The molecule has 0 unspecified atom stereocenters. The zero-order chi connectivity index (χ0) is 26.0. The number of ether oxygens (including phenoxy) is 1. The number of para-hydroxylation sites is 1. The van der Waals surface area contributed by atoms with E-state index in [1.807, 2.05) is 60.4 Å². The van der Waals surface area contributed by atoms with Gasteiger partial charge in [-0.05, 0) is 49.2 Å². The van der Waals surface area contributed by atoms with Gasteiger partial charge in [0.2, 0.25) is 5.91 Å². The van der Waals surface area contributed by atoms with Crippen molar-refractivity contribution in [2.45, 2.75) is 37.9 Å². The van der Waals surface area contributed by atoms with Crippen molar-refractivity contribution >= 4 is 23.3 Å². The lowest BCUT2D eigenvalue weighted by molar-refractivity contribution is -0.384. The van der Waals surface area contributed by atoms with Gasteiger partial charge in [0, 0.05) is 48.6 Å². The van der Waals surface area contributed by atoms with Gasteiger partial charge in [-0.3, -0.25) is 29.7 Å². The highest BCUT2D eigenvalue weighted by Crippen LogP contribution is 2.46. The minimum Gasteiger partial charge on any atom is -0.462 e. The predicted octanol–water partition coefficient (Wildman–Crippen LogP) is 4.23. The first-order valence-electron chi connectivity index (χ1n) is 12.4. The number of nitrogens with zero attached hydrogens (tertiary/aromatic N) is 4. The number of aromatic nitrogens is 1. The molecule has 3 heterocycles. The molecule has 0 radical (unpaired) electrons. The summed E-state index contributed by atoms with van der Waals surface area (Å²) in [4.78, 5) is 45.9. The Kier molecular flexibility index (Phi) is 6.71. The third-order valence-corrected chi connectivity index (χ3v) is 7.27. The number of amides is 1. The number of benzene rings is 2. The summed E-state index contributed by atoms with van der Waals surface area (Å²) in [6.45, 7) is 2.83. The fraction of sp³-hybridized carbons (Fsp3) is 0.321. The number of carbonyl (C=O) groups is 2. The van der Waals surface area contributed by atoms with E-state index in [2.05, 4.69) is 9.88 Å². The van der Waals surface area contributed by atoms with Gasteiger partial charge in [-0.15, -0.1) is 0 Å². The fourth-order valence-electron chi connectivity index (χ4n) is 5.58. The van der Waals surface area contributed by atoms with Crippen molar-refractivity contribution in [3.8, 4) is 0 Å². The standard InChI is InChI=1S/C28H28N4O5/c1-20(19-37-26(33)21-11-13-24(14-12-21)32(35)36)25-30-17-7-15-28(30,18-22-8-5-6-16-29-22)27(34)31(25)23-9-3-2-4-10-23/h2-6,8-14,16,20,25H,7,15,17-19H2,1H3/t20-,25+,28+/m0/s1. The van der Waals surface area contributed by atoms with Gasteiger partial charge in [-0.2, -0.15) is 0 Å². The number of non-ortho nitro benzene ring substituents is 1. The molecule has 5 rings (SSSR count). The van der Waals surface area contributed by atoms with Crippen molar-refractivity contribution in [1.82, 2.24) is 9.88 Å². The van der Waals surface area contributed by atoms with E-state index in [9.17, 15) is 19.7 Å². The quantitative estimate of drug-likeness (QED) is 0.259. The van der Waals surface area contributed by atoms with Crippen LogP contribution in [0.4, 0.5) is 11.4 Å². The molecular formula is C28H28N4O5. The Labute approximate surface area is 214 Å². The molecule has 0 N–H and O–H groups in total. The molecule has 2 fully saturated rings. The van der Waals surface area contributed by atoms with Crippen LogP contribution in [0.2, 0.25) is 0 Å². The van der Waals surface area contributed by atoms with Crippen molar-refractivity contribution in [3.05, 3.63) is 100 Å². The molecule has 3 atom stereocenters. The monoisotopic (exact) mass is 500 g/mol. The molecule has 1 aromatic heterocycles. The van der Waals surface area contributed by atoms with E-state index >= 15 is 0 Å². The van der Waals surface area contributed by atoms with Crippen molar-refractivity contribution in [2.24, 2.45) is 5.92 Å². The smallest absolute Gasteiger partial charge is 0.338 e. The number of fused-ring (bicyclic) bond motifs is 1. The Morgan fingerprint density at radius 2 is 1.86 bits per heavy atom. The Bertz CT molecular complexity index is 1280. The van der Waals surface area contributed by atoms with Gasteiger partial charge in [-0.1, -0.05) is 31.2 Å². The summed E-state index contributed by atoms with van der Waals surface area (Å²) in [5.41, 5.74) is 1.12. The van der Waals surface area contributed by atoms with Crippen LogP contribution in [0.1, 0.15) is 35.8 Å². The second-order valence-corrected chi connectivity index (χ2v) is 9.63. The second-order valence-electron chi connectivity index (χ2n) is 9.63. The van der Waals surface area contributed by atoms with E-state index in [-0.39, 0.29) is 35.8 Å². The van der Waals surface area contributed by atoms with Crippen LogP contribution in [0.25, 0.3) is 0 Å². The number of nitro benzene ring substituents is 1. The maximum Gasteiger partial charge on any atom is 0.338 e. The summed E-state index contributed by atoms with van der Waals surface area (Å²) in [6.07, 6.45) is 3.59. The van der Waals surface area contributed by atoms with Crippen molar-refractivity contribution in [2.75, 3.05) is 18.1 Å². The van der Waals surface area contributed by atoms with Gasteiger partial charge < -0.3 is 4.74 Å². The molecule has 2 aromatic carbocycles. The van der Waals surface area contributed by atoms with Crippen LogP contribution < -0.4 is 4.90 Å². The molecule has 190 valence electrons. The first-order chi connectivity index (χ1) is 17.9. The zero-order valence-corrected chi connectivity index (χ0v) is 20.5. The number of hydrogen-bond donors (Lipinski definition) is 0. The van der Waals surface area contributed by atoms with Gasteiger partial charge in [0.1, 0.15) is 5.54 Å². The molecule has 1 amide bonds. The minimum absolute atomic E-state index is 0.0420. The van der Waals surface area contributed by atoms with E-state index in [1.165, 1.54) is 24.3 Å². The summed E-state index contributed by atoms with van der Waals surface area (Å²) < 4.78 is 5.64. The van der Waals surface area contributed by atoms with Crippen LogP contribution >= 0.6 is 0 Å². The first-order valence-corrected chi connectivity index (χ1v) is 12.4. The molecule has 3 aromatic rings. The third-order valence-electron chi connectivity index (χ3n) is 7.27. The van der Waals surface area contributed by atoms with Crippen LogP contribution in [0.3, 0.4) is 0 Å². The third kappa shape index (κ3) is 4.58. The lowest BCUT2D eigenvalue weighted by atomic mass is 9.90. The van der Waals surface area contributed by atoms with E-state index in [0.29, 0.717) is 6.42 Å². The SMILES string of the molecule is C[C@@H](COC(=O)c1ccc([N+](=O)[O-])cc1)[C@H]1N(c2ccccc2)C(=O)[C@]2(Cc3ccccn3)CCCN12. The summed E-state index contributed by atoms with van der Waals surface area (Å²) in [5, 5.41) is 10.9. The van der Waals surface area contributed by atoms with Crippen LogP contribution in [-0.2, 0) is 16.0 Å². The molecule has 9 nitrogen and oxygen atoms in total. The number of esters is 1. The second kappa shape index (κ2) is 10.1. The summed E-state index contributed by atoms with van der Waals surface area (Å²) in [5.74, 6) is -0.714. The van der Waals surface area contributed by atoms with Crippen molar-refractivity contribution in [3.63, 3.8) is 0 Å². The van der Waals surface area contributed by atoms with Gasteiger partial charge in [-0.25, -0.2) is 4.79 Å². The van der Waals surface area contributed by atoms with Gasteiger partial charge in [0.05, 0.1) is 23.3 Å². The number of anilines is 1. The Balaban J connectivity index is 1.40. The lowest BCUT2D eigenvalue weighted by Crippen LogP contribution is -2.49. The lowest BCUT2D eigenvalue weighted by Gasteiger charge is -2.35. The normalized spacial score (nSPS) is 22.0. The number of hydrogen-bond acceptors (Lipinski definition) is 7. The predicted molar refractivity (Wildman–Crippen MR) is 137 cm³/mol. The minimum atomic E-state index is -0.703. The molecule has 2 aliphatic heterocycles. The number of rotatable bonds is 8. The maximum absolute atomic E-state index is 14.2. The van der Waals surface area contributed by atoms with E-state index in [0.717, 1.165) is 30.8 Å². The van der Waals surface area contributed by atoms with E-state index < -0.39 is 16.4 Å². The van der Waals surface area contributed by atoms with Gasteiger partial charge in [0.25, 0.3) is 5.69 Å². The van der Waals surface area contributed by atoms with Crippen molar-refractivity contribution in [1.29, 1.82) is 0 Å². The Morgan fingerprint density at radius 3 is 2.54 bits per heavy atom. The molecule has 2 saturated heterocycles. The van der Waals surface area contributed by atoms with Crippen LogP contribution in [0, 0.1) is 16.0 Å².